The molecule has 0 unspecified atom stereocenters. The average Bonchev–Trinajstić information content (AvgIpc) is 2.44. The second-order valence-corrected chi connectivity index (χ2v) is 5.71. The number of carbonyl (C=O) groups excluding carboxylic acids is 1. The molecule has 2 N–H and O–H groups in total. The summed E-state index contributed by atoms with van der Waals surface area (Å²) in [4.78, 5) is 13.9. The number of nitrogens with two attached hydrogens (primary N) is 1. The number of hydrogen-bond donors (Lipinski definition) is 1. The maximum Gasteiger partial charge on any atom is 0.227 e. The zero-order valence-electron chi connectivity index (χ0n) is 11.3. The van der Waals surface area contributed by atoms with Gasteiger partial charge in [-0.3, -0.25) is 4.79 Å². The highest BCUT2D eigenvalue weighted by Crippen LogP contribution is 2.13. The Hall–Kier alpha value is -1.81. The molecule has 0 radical (unpaired) electrons. The highest BCUT2D eigenvalue weighted by atomic mass is 79.9. The van der Waals surface area contributed by atoms with E-state index >= 15 is 0 Å². The van der Waals surface area contributed by atoms with Crippen LogP contribution in [0.4, 0.5) is 5.69 Å². The molecule has 0 spiro atoms. The van der Waals surface area contributed by atoms with Crippen molar-refractivity contribution in [2.45, 2.75) is 13.0 Å². The van der Waals surface area contributed by atoms with Crippen LogP contribution in [0, 0.1) is 0 Å². The van der Waals surface area contributed by atoms with Gasteiger partial charge >= 0.3 is 0 Å². The summed E-state index contributed by atoms with van der Waals surface area (Å²) in [5, 5.41) is 0. The van der Waals surface area contributed by atoms with E-state index in [0.717, 1.165) is 15.6 Å². The molecule has 2 aromatic carbocycles. The van der Waals surface area contributed by atoms with Gasteiger partial charge in [-0.1, -0.05) is 40.2 Å². The van der Waals surface area contributed by atoms with Crippen molar-refractivity contribution in [3.8, 4) is 0 Å². The van der Waals surface area contributed by atoms with E-state index in [-0.39, 0.29) is 5.91 Å². The Balaban J connectivity index is 1.94. The smallest absolute Gasteiger partial charge is 0.227 e. The molecule has 2 rings (SSSR count). The van der Waals surface area contributed by atoms with Gasteiger partial charge in [0.1, 0.15) is 0 Å². The second-order valence-electron chi connectivity index (χ2n) is 4.79. The zero-order chi connectivity index (χ0) is 14.5. The minimum Gasteiger partial charge on any atom is -0.399 e. The molecule has 0 aromatic heterocycles. The lowest BCUT2D eigenvalue weighted by molar-refractivity contribution is -0.129. The van der Waals surface area contributed by atoms with Crippen LogP contribution >= 0.6 is 15.9 Å². The van der Waals surface area contributed by atoms with E-state index in [9.17, 15) is 4.79 Å². The molecular formula is C16H17BrN2O. The van der Waals surface area contributed by atoms with Crippen molar-refractivity contribution in [3.05, 3.63) is 64.1 Å². The summed E-state index contributed by atoms with van der Waals surface area (Å²) < 4.78 is 1.04. The lowest BCUT2D eigenvalue weighted by Gasteiger charge is -2.17. The van der Waals surface area contributed by atoms with Gasteiger partial charge in [0.2, 0.25) is 5.91 Å². The highest BCUT2D eigenvalue weighted by Gasteiger charge is 2.10. The molecule has 0 atom stereocenters. The topological polar surface area (TPSA) is 46.3 Å². The van der Waals surface area contributed by atoms with Crippen LogP contribution in [0.1, 0.15) is 11.1 Å². The van der Waals surface area contributed by atoms with Crippen molar-refractivity contribution in [1.82, 2.24) is 4.90 Å². The standard InChI is InChI=1S/C16H17BrN2O/c1-19(11-13-2-6-14(17)7-3-13)16(20)10-12-4-8-15(18)9-5-12/h2-9H,10-11,18H2,1H3. The minimum absolute atomic E-state index is 0.0951. The van der Waals surface area contributed by atoms with Gasteiger partial charge < -0.3 is 10.6 Å². The van der Waals surface area contributed by atoms with E-state index < -0.39 is 0 Å². The summed E-state index contributed by atoms with van der Waals surface area (Å²) in [7, 11) is 1.82. The van der Waals surface area contributed by atoms with Crippen molar-refractivity contribution in [2.75, 3.05) is 12.8 Å². The first-order valence-corrected chi connectivity index (χ1v) is 7.17. The summed E-state index contributed by atoms with van der Waals surface area (Å²) in [5.74, 6) is 0.0951. The molecular weight excluding hydrogens is 316 g/mol. The Morgan fingerprint density at radius 3 is 2.20 bits per heavy atom. The van der Waals surface area contributed by atoms with Crippen LogP contribution in [0.3, 0.4) is 0 Å². The molecule has 0 bridgehead atoms. The maximum absolute atomic E-state index is 12.2. The minimum atomic E-state index is 0.0951. The van der Waals surface area contributed by atoms with Gasteiger partial charge in [0.25, 0.3) is 0 Å². The molecule has 0 aliphatic heterocycles. The highest BCUT2D eigenvalue weighted by molar-refractivity contribution is 9.10. The van der Waals surface area contributed by atoms with E-state index in [4.69, 9.17) is 5.73 Å². The van der Waals surface area contributed by atoms with E-state index in [1.54, 1.807) is 4.90 Å². The molecule has 0 aliphatic rings. The third-order valence-corrected chi connectivity index (χ3v) is 3.62. The Kier molecular flexibility index (Phi) is 4.79. The van der Waals surface area contributed by atoms with Crippen LogP contribution in [0.2, 0.25) is 0 Å². The van der Waals surface area contributed by atoms with Crippen molar-refractivity contribution >= 4 is 27.5 Å². The Morgan fingerprint density at radius 2 is 1.60 bits per heavy atom. The first kappa shape index (κ1) is 14.6. The van der Waals surface area contributed by atoms with Crippen LogP contribution in [0.25, 0.3) is 0 Å². The number of nitrogen functional groups attached to an aromatic ring is 1. The normalized spacial score (nSPS) is 10.3. The van der Waals surface area contributed by atoms with Gasteiger partial charge in [0, 0.05) is 23.8 Å². The fraction of sp³-hybridized carbons (Fsp3) is 0.188. The van der Waals surface area contributed by atoms with Crippen LogP contribution in [-0.2, 0) is 17.8 Å². The van der Waals surface area contributed by atoms with E-state index in [1.165, 1.54) is 0 Å². The average molecular weight is 333 g/mol. The number of hydrogen-bond acceptors (Lipinski definition) is 2. The lowest BCUT2D eigenvalue weighted by atomic mass is 10.1. The van der Waals surface area contributed by atoms with Gasteiger partial charge in [-0.15, -0.1) is 0 Å². The monoisotopic (exact) mass is 332 g/mol. The Morgan fingerprint density at radius 1 is 1.05 bits per heavy atom. The molecule has 20 heavy (non-hydrogen) atoms. The van der Waals surface area contributed by atoms with Gasteiger partial charge in [-0.2, -0.15) is 0 Å². The van der Waals surface area contributed by atoms with Crippen LogP contribution in [0.5, 0.6) is 0 Å². The van der Waals surface area contributed by atoms with Gasteiger partial charge in [0.15, 0.2) is 0 Å². The predicted octanol–water partition coefficient (Wildman–Crippen LogP) is 3.23. The largest absolute Gasteiger partial charge is 0.399 e. The molecule has 3 nitrogen and oxygen atoms in total. The fourth-order valence-electron chi connectivity index (χ4n) is 1.90. The molecule has 0 fully saturated rings. The molecule has 4 heteroatoms. The number of amides is 1. The first-order valence-electron chi connectivity index (χ1n) is 6.37. The third kappa shape index (κ3) is 4.10. The molecule has 1 amide bonds. The van der Waals surface area contributed by atoms with Gasteiger partial charge in [-0.05, 0) is 35.4 Å². The summed E-state index contributed by atoms with van der Waals surface area (Å²) in [5.41, 5.74) is 8.44. The summed E-state index contributed by atoms with van der Waals surface area (Å²) in [6.07, 6.45) is 0.396. The number of halogens is 1. The molecule has 0 aliphatic carbocycles. The number of likely N-dealkylation sites (N-methyl/N-ethyl adjacent to an activating group) is 1. The van der Waals surface area contributed by atoms with E-state index in [0.29, 0.717) is 18.7 Å². The van der Waals surface area contributed by atoms with Gasteiger partial charge in [0.05, 0.1) is 6.42 Å². The second kappa shape index (κ2) is 6.57. The van der Waals surface area contributed by atoms with Crippen LogP contribution < -0.4 is 5.73 Å². The van der Waals surface area contributed by atoms with E-state index in [2.05, 4.69) is 15.9 Å². The van der Waals surface area contributed by atoms with Crippen molar-refractivity contribution in [1.29, 1.82) is 0 Å². The third-order valence-electron chi connectivity index (χ3n) is 3.09. The number of anilines is 1. The van der Waals surface area contributed by atoms with Crippen molar-refractivity contribution < 1.29 is 4.79 Å². The Bertz CT molecular complexity index is 578. The zero-order valence-corrected chi connectivity index (χ0v) is 12.9. The predicted molar refractivity (Wildman–Crippen MR) is 85.2 cm³/mol. The van der Waals surface area contributed by atoms with Crippen molar-refractivity contribution in [2.24, 2.45) is 0 Å². The quantitative estimate of drug-likeness (QED) is 0.873. The maximum atomic E-state index is 12.2. The fourth-order valence-corrected chi connectivity index (χ4v) is 2.16. The molecule has 0 heterocycles. The number of benzene rings is 2. The molecule has 2 aromatic rings. The summed E-state index contributed by atoms with van der Waals surface area (Å²) in [6, 6.07) is 15.4. The molecule has 0 saturated carbocycles. The number of rotatable bonds is 4. The van der Waals surface area contributed by atoms with Crippen molar-refractivity contribution in [3.63, 3.8) is 0 Å². The van der Waals surface area contributed by atoms with E-state index in [1.807, 2.05) is 55.6 Å². The molecule has 104 valence electrons. The molecule has 0 saturated heterocycles. The first-order chi connectivity index (χ1) is 9.54. The summed E-state index contributed by atoms with van der Waals surface area (Å²) >= 11 is 3.40. The number of carbonyl (C=O) groups is 1. The lowest BCUT2D eigenvalue weighted by Crippen LogP contribution is -2.27. The summed E-state index contributed by atoms with van der Waals surface area (Å²) in [6.45, 7) is 0.612. The number of nitrogens with zero attached hydrogens (tertiary/aromatic N) is 1. The Labute approximate surface area is 127 Å². The van der Waals surface area contributed by atoms with Crippen LogP contribution in [-0.4, -0.2) is 17.9 Å². The van der Waals surface area contributed by atoms with Crippen LogP contribution in [0.15, 0.2) is 53.0 Å². The SMILES string of the molecule is CN(Cc1ccc(Br)cc1)C(=O)Cc1ccc(N)cc1. The van der Waals surface area contributed by atoms with Gasteiger partial charge in [-0.25, -0.2) is 0 Å².